The van der Waals surface area contributed by atoms with E-state index in [4.69, 9.17) is 9.47 Å². The molecule has 23 heavy (non-hydrogen) atoms. The number of hydrogen-bond donors (Lipinski definition) is 1. The normalized spacial score (nSPS) is 11.7. The van der Waals surface area contributed by atoms with Crippen LogP contribution in [0.5, 0.6) is 11.5 Å². The van der Waals surface area contributed by atoms with Crippen LogP contribution in [0.15, 0.2) is 36.4 Å². The Bertz CT molecular complexity index is 719. The molecular formula is C17H17F2NO3. The van der Waals surface area contributed by atoms with E-state index >= 15 is 0 Å². The smallest absolute Gasteiger partial charge is 0.255 e. The van der Waals surface area contributed by atoms with E-state index in [2.05, 4.69) is 5.32 Å². The maximum atomic E-state index is 13.3. The summed E-state index contributed by atoms with van der Waals surface area (Å²) in [6.45, 7) is 1.68. The number of methoxy groups -OCH3 is 2. The van der Waals surface area contributed by atoms with Crippen molar-refractivity contribution in [3.8, 4) is 11.5 Å². The second-order valence-corrected chi connectivity index (χ2v) is 4.93. The van der Waals surface area contributed by atoms with Crippen LogP contribution in [0.4, 0.5) is 8.78 Å². The standard InChI is InChI=1S/C17H17F2NO3/c1-10(11-4-6-14(18)15(19)8-11)20-17(21)13-9-12(22-2)5-7-16(13)23-3/h4-10H,1-3H3,(H,20,21). The van der Waals surface area contributed by atoms with Crippen molar-refractivity contribution in [2.75, 3.05) is 14.2 Å². The highest BCUT2D eigenvalue weighted by Crippen LogP contribution is 2.25. The molecular weight excluding hydrogens is 304 g/mol. The molecule has 2 aromatic rings. The minimum Gasteiger partial charge on any atom is -0.497 e. The van der Waals surface area contributed by atoms with Gasteiger partial charge in [0.05, 0.1) is 25.8 Å². The van der Waals surface area contributed by atoms with E-state index in [1.54, 1.807) is 25.1 Å². The van der Waals surface area contributed by atoms with Crippen molar-refractivity contribution in [1.82, 2.24) is 5.32 Å². The summed E-state index contributed by atoms with van der Waals surface area (Å²) < 4.78 is 36.5. The van der Waals surface area contributed by atoms with Crippen molar-refractivity contribution in [1.29, 1.82) is 0 Å². The molecule has 0 bridgehead atoms. The number of hydrogen-bond acceptors (Lipinski definition) is 3. The van der Waals surface area contributed by atoms with E-state index < -0.39 is 23.6 Å². The summed E-state index contributed by atoms with van der Waals surface area (Å²) in [5.74, 6) is -1.39. The monoisotopic (exact) mass is 321 g/mol. The minimum absolute atomic E-state index is 0.293. The SMILES string of the molecule is COc1ccc(OC)c(C(=O)NC(C)c2ccc(F)c(F)c2)c1. The number of carbonyl (C=O) groups excluding carboxylic acids is 1. The molecule has 122 valence electrons. The Balaban J connectivity index is 2.22. The van der Waals surface area contributed by atoms with Gasteiger partial charge in [-0.25, -0.2) is 8.78 Å². The van der Waals surface area contributed by atoms with Crippen LogP contribution < -0.4 is 14.8 Å². The summed E-state index contributed by atoms with van der Waals surface area (Å²) in [6.07, 6.45) is 0. The number of halogens is 2. The third-order valence-electron chi connectivity index (χ3n) is 3.44. The molecule has 0 aromatic heterocycles. The number of ether oxygens (including phenoxy) is 2. The quantitative estimate of drug-likeness (QED) is 0.917. The molecule has 0 aliphatic carbocycles. The van der Waals surface area contributed by atoms with Gasteiger partial charge in [0.15, 0.2) is 11.6 Å². The second kappa shape index (κ2) is 7.09. The van der Waals surface area contributed by atoms with Crippen molar-refractivity contribution in [2.24, 2.45) is 0 Å². The van der Waals surface area contributed by atoms with Gasteiger partial charge in [0.25, 0.3) is 5.91 Å². The molecule has 2 rings (SSSR count). The highest BCUT2D eigenvalue weighted by molar-refractivity contribution is 5.97. The van der Waals surface area contributed by atoms with Gasteiger partial charge >= 0.3 is 0 Å². The third-order valence-corrected chi connectivity index (χ3v) is 3.44. The summed E-state index contributed by atoms with van der Waals surface area (Å²) >= 11 is 0. The van der Waals surface area contributed by atoms with Gasteiger partial charge in [0.1, 0.15) is 11.5 Å². The fourth-order valence-electron chi connectivity index (χ4n) is 2.13. The lowest BCUT2D eigenvalue weighted by molar-refractivity contribution is 0.0936. The van der Waals surface area contributed by atoms with E-state index in [1.807, 2.05) is 0 Å². The Hall–Kier alpha value is -2.63. The number of rotatable bonds is 5. The van der Waals surface area contributed by atoms with Crippen LogP contribution >= 0.6 is 0 Å². The summed E-state index contributed by atoms with van der Waals surface area (Å²) in [7, 11) is 2.95. The molecule has 1 N–H and O–H groups in total. The van der Waals surface area contributed by atoms with Gasteiger partial charge in [-0.2, -0.15) is 0 Å². The van der Waals surface area contributed by atoms with Crippen LogP contribution in [0.1, 0.15) is 28.9 Å². The molecule has 0 aliphatic rings. The predicted molar refractivity (Wildman–Crippen MR) is 81.8 cm³/mol. The predicted octanol–water partition coefficient (Wildman–Crippen LogP) is 3.47. The Labute approximate surface area is 133 Å². The molecule has 0 saturated carbocycles. The first-order valence-corrected chi connectivity index (χ1v) is 6.94. The Morgan fingerprint density at radius 2 is 1.78 bits per heavy atom. The van der Waals surface area contributed by atoms with Gasteiger partial charge in [-0.05, 0) is 42.8 Å². The zero-order chi connectivity index (χ0) is 17.0. The van der Waals surface area contributed by atoms with Crippen molar-refractivity contribution in [3.05, 3.63) is 59.2 Å². The summed E-state index contributed by atoms with van der Waals surface area (Å²) in [6, 6.07) is 7.85. The van der Waals surface area contributed by atoms with E-state index in [0.29, 0.717) is 22.6 Å². The first-order chi connectivity index (χ1) is 11.0. The van der Waals surface area contributed by atoms with Gasteiger partial charge in [-0.15, -0.1) is 0 Å². The van der Waals surface area contributed by atoms with Crippen molar-refractivity contribution in [2.45, 2.75) is 13.0 Å². The van der Waals surface area contributed by atoms with Crippen LogP contribution in [0.25, 0.3) is 0 Å². The zero-order valence-corrected chi connectivity index (χ0v) is 13.0. The molecule has 0 fully saturated rings. The van der Waals surface area contributed by atoms with E-state index in [-0.39, 0.29) is 0 Å². The Morgan fingerprint density at radius 1 is 1.04 bits per heavy atom. The van der Waals surface area contributed by atoms with Crippen LogP contribution in [0, 0.1) is 11.6 Å². The van der Waals surface area contributed by atoms with Crippen LogP contribution in [-0.4, -0.2) is 20.1 Å². The number of benzene rings is 2. The minimum atomic E-state index is -0.956. The van der Waals surface area contributed by atoms with Crippen molar-refractivity contribution in [3.63, 3.8) is 0 Å². The largest absolute Gasteiger partial charge is 0.497 e. The fourth-order valence-corrected chi connectivity index (χ4v) is 2.13. The lowest BCUT2D eigenvalue weighted by atomic mass is 10.1. The average molecular weight is 321 g/mol. The molecule has 0 saturated heterocycles. The number of carbonyl (C=O) groups is 1. The molecule has 1 amide bonds. The first kappa shape index (κ1) is 16.7. The number of nitrogens with one attached hydrogen (secondary N) is 1. The molecule has 2 aromatic carbocycles. The van der Waals surface area contributed by atoms with Crippen LogP contribution in [0.3, 0.4) is 0 Å². The van der Waals surface area contributed by atoms with Gasteiger partial charge in [0, 0.05) is 0 Å². The van der Waals surface area contributed by atoms with Crippen LogP contribution in [-0.2, 0) is 0 Å². The maximum absolute atomic E-state index is 13.3. The molecule has 4 nitrogen and oxygen atoms in total. The second-order valence-electron chi connectivity index (χ2n) is 4.93. The van der Waals surface area contributed by atoms with E-state index in [1.165, 1.54) is 20.3 Å². The molecule has 1 unspecified atom stereocenters. The van der Waals surface area contributed by atoms with Crippen molar-refractivity contribution < 1.29 is 23.0 Å². The molecule has 6 heteroatoms. The summed E-state index contributed by atoms with van der Waals surface area (Å²) in [5, 5.41) is 2.72. The fraction of sp³-hybridized carbons (Fsp3) is 0.235. The highest BCUT2D eigenvalue weighted by atomic mass is 19.2. The first-order valence-electron chi connectivity index (χ1n) is 6.94. The number of amides is 1. The van der Waals surface area contributed by atoms with Gasteiger partial charge in [-0.3, -0.25) is 4.79 Å². The van der Waals surface area contributed by atoms with E-state index in [0.717, 1.165) is 12.1 Å². The molecule has 0 spiro atoms. The molecule has 0 heterocycles. The van der Waals surface area contributed by atoms with Gasteiger partial charge < -0.3 is 14.8 Å². The van der Waals surface area contributed by atoms with Crippen molar-refractivity contribution >= 4 is 5.91 Å². The van der Waals surface area contributed by atoms with Crippen LogP contribution in [0.2, 0.25) is 0 Å². The lowest BCUT2D eigenvalue weighted by Crippen LogP contribution is -2.27. The third kappa shape index (κ3) is 3.77. The maximum Gasteiger partial charge on any atom is 0.255 e. The Kier molecular flexibility index (Phi) is 5.16. The topological polar surface area (TPSA) is 47.6 Å². The zero-order valence-electron chi connectivity index (χ0n) is 13.0. The molecule has 0 aliphatic heterocycles. The molecule has 0 radical (unpaired) electrons. The molecule has 1 atom stereocenters. The summed E-state index contributed by atoms with van der Waals surface area (Å²) in [4.78, 5) is 12.4. The Morgan fingerprint density at radius 3 is 2.39 bits per heavy atom. The van der Waals surface area contributed by atoms with Gasteiger partial charge in [0.2, 0.25) is 0 Å². The average Bonchev–Trinajstić information content (AvgIpc) is 2.56. The van der Waals surface area contributed by atoms with Gasteiger partial charge in [-0.1, -0.05) is 6.07 Å². The van der Waals surface area contributed by atoms with E-state index in [9.17, 15) is 13.6 Å². The lowest BCUT2D eigenvalue weighted by Gasteiger charge is -2.16. The summed E-state index contributed by atoms with van der Waals surface area (Å²) in [5.41, 5.74) is 0.750. The highest BCUT2D eigenvalue weighted by Gasteiger charge is 2.17.